The van der Waals surface area contributed by atoms with E-state index in [4.69, 9.17) is 27.9 Å². The quantitative estimate of drug-likeness (QED) is 0.503. The molecule has 1 aliphatic rings. The molecule has 5 nitrogen and oxygen atoms in total. The van der Waals surface area contributed by atoms with Gasteiger partial charge in [0.2, 0.25) is 0 Å². The minimum atomic E-state index is -0.485. The lowest BCUT2D eigenvalue weighted by molar-refractivity contribution is -0.120. The molecule has 156 valence electrons. The van der Waals surface area contributed by atoms with Crippen LogP contribution in [0.25, 0.3) is 5.57 Å². The lowest BCUT2D eigenvalue weighted by Crippen LogP contribution is -2.32. The Morgan fingerprint density at radius 1 is 0.903 bits per heavy atom. The summed E-state index contributed by atoms with van der Waals surface area (Å²) >= 11 is 12.3. The summed E-state index contributed by atoms with van der Waals surface area (Å²) in [7, 11) is 1.54. The molecule has 0 radical (unpaired) electrons. The van der Waals surface area contributed by atoms with Crippen molar-refractivity contribution in [1.29, 1.82) is 0 Å². The van der Waals surface area contributed by atoms with Gasteiger partial charge in [-0.2, -0.15) is 0 Å². The Morgan fingerprint density at radius 2 is 1.61 bits per heavy atom. The van der Waals surface area contributed by atoms with Gasteiger partial charge in [0.05, 0.1) is 24.1 Å². The van der Waals surface area contributed by atoms with Crippen LogP contribution in [0.5, 0.6) is 5.75 Å². The second-order valence-electron chi connectivity index (χ2n) is 6.96. The average Bonchev–Trinajstić information content (AvgIpc) is 3.01. The maximum absolute atomic E-state index is 13.5. The summed E-state index contributed by atoms with van der Waals surface area (Å²) in [5, 5.41) is 4.11. The van der Waals surface area contributed by atoms with Crippen molar-refractivity contribution in [3.05, 3.63) is 93.6 Å². The van der Waals surface area contributed by atoms with Crippen LogP contribution in [0.15, 0.2) is 72.4 Å². The monoisotopic (exact) mass is 452 g/mol. The highest BCUT2D eigenvalue weighted by Crippen LogP contribution is 2.36. The zero-order valence-corrected chi connectivity index (χ0v) is 18.3. The van der Waals surface area contributed by atoms with Gasteiger partial charge in [0, 0.05) is 10.0 Å². The highest BCUT2D eigenvalue weighted by Gasteiger charge is 2.40. The SMILES string of the molecule is COc1ccccc1NC1=C(c2ccc(Cl)cc2)C(=O)N(c2ccc(C)c(Cl)c2)C1=O. The van der Waals surface area contributed by atoms with Crippen molar-refractivity contribution in [3.8, 4) is 5.75 Å². The average molecular weight is 453 g/mol. The number of methoxy groups -OCH3 is 1. The molecule has 1 N–H and O–H groups in total. The van der Waals surface area contributed by atoms with Crippen LogP contribution >= 0.6 is 23.2 Å². The molecule has 0 unspecified atom stereocenters. The van der Waals surface area contributed by atoms with E-state index in [2.05, 4.69) is 5.32 Å². The number of imide groups is 1. The predicted molar refractivity (Wildman–Crippen MR) is 124 cm³/mol. The second kappa shape index (κ2) is 8.46. The van der Waals surface area contributed by atoms with E-state index in [0.29, 0.717) is 32.7 Å². The number of halogens is 2. The van der Waals surface area contributed by atoms with Crippen molar-refractivity contribution < 1.29 is 14.3 Å². The first-order chi connectivity index (χ1) is 14.9. The third kappa shape index (κ3) is 3.90. The summed E-state index contributed by atoms with van der Waals surface area (Å²) in [6, 6.07) is 19.0. The van der Waals surface area contributed by atoms with E-state index in [0.717, 1.165) is 10.5 Å². The third-order valence-corrected chi connectivity index (χ3v) is 5.66. The lowest BCUT2D eigenvalue weighted by atomic mass is 10.0. The standard InChI is InChI=1S/C24H18Cl2N2O3/c1-14-7-12-17(13-18(14)26)28-23(29)21(15-8-10-16(25)11-9-15)22(24(28)30)27-19-5-3-4-6-20(19)31-2/h3-13,27H,1-2H3. The fraction of sp³-hybridized carbons (Fsp3) is 0.0833. The van der Waals surface area contributed by atoms with Crippen molar-refractivity contribution >= 4 is 52.0 Å². The van der Waals surface area contributed by atoms with E-state index in [1.165, 1.54) is 7.11 Å². The number of nitrogens with one attached hydrogen (secondary N) is 1. The van der Waals surface area contributed by atoms with E-state index in [1.54, 1.807) is 54.6 Å². The van der Waals surface area contributed by atoms with Gasteiger partial charge in [-0.3, -0.25) is 9.59 Å². The molecule has 0 saturated heterocycles. The van der Waals surface area contributed by atoms with Crippen molar-refractivity contribution in [2.45, 2.75) is 6.92 Å². The molecule has 0 aromatic heterocycles. The van der Waals surface area contributed by atoms with Gasteiger partial charge in [0.15, 0.2) is 0 Å². The van der Waals surface area contributed by atoms with Gasteiger partial charge in [-0.15, -0.1) is 0 Å². The number of carbonyl (C=O) groups is 2. The van der Waals surface area contributed by atoms with Gasteiger partial charge in [0.1, 0.15) is 11.4 Å². The Hall–Kier alpha value is -3.28. The van der Waals surface area contributed by atoms with Gasteiger partial charge in [-0.25, -0.2) is 4.90 Å². The van der Waals surface area contributed by atoms with Crippen molar-refractivity contribution in [2.75, 3.05) is 17.3 Å². The molecule has 4 rings (SSSR count). The van der Waals surface area contributed by atoms with E-state index in [1.807, 2.05) is 19.1 Å². The fourth-order valence-electron chi connectivity index (χ4n) is 3.37. The normalized spacial score (nSPS) is 13.7. The summed E-state index contributed by atoms with van der Waals surface area (Å²) in [5.41, 5.74) is 2.77. The third-order valence-electron chi connectivity index (χ3n) is 5.00. The number of carbonyl (C=O) groups excluding carboxylic acids is 2. The number of para-hydroxylation sites is 2. The number of rotatable bonds is 5. The highest BCUT2D eigenvalue weighted by atomic mass is 35.5. The molecule has 2 amide bonds. The molecule has 7 heteroatoms. The van der Waals surface area contributed by atoms with Crippen LogP contribution in [0.4, 0.5) is 11.4 Å². The lowest BCUT2D eigenvalue weighted by Gasteiger charge is -2.16. The van der Waals surface area contributed by atoms with Crippen LogP contribution in [-0.2, 0) is 9.59 Å². The molecule has 1 heterocycles. The molecule has 0 fully saturated rings. The van der Waals surface area contributed by atoms with E-state index >= 15 is 0 Å². The second-order valence-corrected chi connectivity index (χ2v) is 7.81. The Bertz CT molecular complexity index is 1220. The Balaban J connectivity index is 1.84. The summed E-state index contributed by atoms with van der Waals surface area (Å²) in [5.74, 6) is -0.395. The number of aryl methyl sites for hydroxylation is 1. The maximum Gasteiger partial charge on any atom is 0.282 e. The van der Waals surface area contributed by atoms with Crippen LogP contribution in [0.1, 0.15) is 11.1 Å². The largest absolute Gasteiger partial charge is 0.495 e. The number of amides is 2. The van der Waals surface area contributed by atoms with Crippen molar-refractivity contribution in [2.24, 2.45) is 0 Å². The van der Waals surface area contributed by atoms with E-state index in [-0.39, 0.29) is 11.3 Å². The minimum absolute atomic E-state index is 0.147. The number of hydrogen-bond acceptors (Lipinski definition) is 4. The number of nitrogens with zero attached hydrogens (tertiary/aromatic N) is 1. The summed E-state index contributed by atoms with van der Waals surface area (Å²) in [6.45, 7) is 1.85. The topological polar surface area (TPSA) is 58.6 Å². The van der Waals surface area contributed by atoms with Gasteiger partial charge in [-0.1, -0.05) is 53.5 Å². The van der Waals surface area contributed by atoms with Crippen LogP contribution in [0.3, 0.4) is 0 Å². The highest BCUT2D eigenvalue weighted by molar-refractivity contribution is 6.46. The Kier molecular flexibility index (Phi) is 5.72. The number of benzene rings is 3. The number of hydrogen-bond donors (Lipinski definition) is 1. The molecule has 0 spiro atoms. The predicted octanol–water partition coefficient (Wildman–Crippen LogP) is 5.71. The van der Waals surface area contributed by atoms with E-state index < -0.39 is 11.8 Å². The molecular weight excluding hydrogens is 435 g/mol. The number of ether oxygens (including phenoxy) is 1. The molecule has 0 bridgehead atoms. The Morgan fingerprint density at radius 3 is 2.29 bits per heavy atom. The van der Waals surface area contributed by atoms with Gasteiger partial charge >= 0.3 is 0 Å². The van der Waals surface area contributed by atoms with Crippen LogP contribution < -0.4 is 15.0 Å². The summed E-state index contributed by atoms with van der Waals surface area (Å²) in [6.07, 6.45) is 0. The van der Waals surface area contributed by atoms with E-state index in [9.17, 15) is 9.59 Å². The van der Waals surface area contributed by atoms with Crippen LogP contribution in [0.2, 0.25) is 10.0 Å². The zero-order valence-electron chi connectivity index (χ0n) is 16.8. The van der Waals surface area contributed by atoms with Gasteiger partial charge in [-0.05, 0) is 54.4 Å². The van der Waals surface area contributed by atoms with Gasteiger partial charge in [0.25, 0.3) is 11.8 Å². The first-order valence-electron chi connectivity index (χ1n) is 9.46. The van der Waals surface area contributed by atoms with Crippen molar-refractivity contribution in [1.82, 2.24) is 0 Å². The molecule has 31 heavy (non-hydrogen) atoms. The molecular formula is C24H18Cl2N2O3. The first kappa shape index (κ1) is 21.0. The van der Waals surface area contributed by atoms with Crippen LogP contribution in [0, 0.1) is 6.92 Å². The first-order valence-corrected chi connectivity index (χ1v) is 10.2. The maximum atomic E-state index is 13.5. The number of anilines is 2. The smallest absolute Gasteiger partial charge is 0.282 e. The molecule has 1 aliphatic heterocycles. The zero-order chi connectivity index (χ0) is 22.1. The Labute approximate surface area is 189 Å². The summed E-state index contributed by atoms with van der Waals surface area (Å²) in [4.78, 5) is 28.0. The molecule has 0 atom stereocenters. The fourth-order valence-corrected chi connectivity index (χ4v) is 3.67. The van der Waals surface area contributed by atoms with Crippen molar-refractivity contribution in [3.63, 3.8) is 0 Å². The molecule has 3 aromatic rings. The summed E-state index contributed by atoms with van der Waals surface area (Å²) < 4.78 is 5.38. The molecule has 0 aliphatic carbocycles. The molecule has 3 aromatic carbocycles. The minimum Gasteiger partial charge on any atom is -0.495 e. The molecule has 0 saturated carbocycles. The van der Waals surface area contributed by atoms with Gasteiger partial charge < -0.3 is 10.1 Å². The van der Waals surface area contributed by atoms with Crippen LogP contribution in [-0.4, -0.2) is 18.9 Å².